The Bertz CT molecular complexity index is 1240. The van der Waals surface area contributed by atoms with Gasteiger partial charge in [-0.3, -0.25) is 0 Å². The lowest BCUT2D eigenvalue weighted by molar-refractivity contribution is -0.0241. The second kappa shape index (κ2) is 10.8. The summed E-state index contributed by atoms with van der Waals surface area (Å²) in [5.74, 6) is -0.0130. The first-order valence-corrected chi connectivity index (χ1v) is 17.5. The molecule has 0 radical (unpaired) electrons. The molecule has 1 saturated heterocycles. The maximum Gasteiger partial charge on any atom is 0.335 e. The summed E-state index contributed by atoms with van der Waals surface area (Å²) in [6, 6.07) is -0.335. The Balaban J connectivity index is 1.80. The summed E-state index contributed by atoms with van der Waals surface area (Å²) in [5, 5.41) is 21.0. The zero-order chi connectivity index (χ0) is 28.0. The average Bonchev–Trinajstić information content (AvgIpc) is 3.39. The summed E-state index contributed by atoms with van der Waals surface area (Å²) >= 11 is 0. The standard InChI is InChI=1S/C25H42N6O5Si2/c1-15(2)37(16(3)4)34-11-19-10-20(22(32)23(19)35-38(36-37,17(5)6)18(7)8)30-13-28-21-24(30)29-14-31(33-9)25(21)27-12-26/h13-20,22-23,32H,10-11H2,1-9H3/b27-25+/t19-,20-,22+,23-/m1/s1. The van der Waals surface area contributed by atoms with E-state index >= 15 is 0 Å². The van der Waals surface area contributed by atoms with E-state index in [1.165, 1.54) is 18.2 Å². The molecule has 0 aromatic carbocycles. The van der Waals surface area contributed by atoms with Crippen LogP contribution in [0, 0.1) is 17.4 Å². The van der Waals surface area contributed by atoms with Crippen LogP contribution in [0.1, 0.15) is 67.9 Å². The fourth-order valence-corrected chi connectivity index (χ4v) is 17.6. The Morgan fingerprint density at radius 1 is 1.05 bits per heavy atom. The third kappa shape index (κ3) is 4.54. The van der Waals surface area contributed by atoms with Gasteiger partial charge in [0.15, 0.2) is 11.2 Å². The van der Waals surface area contributed by atoms with Crippen molar-refractivity contribution in [3.63, 3.8) is 0 Å². The third-order valence-electron chi connectivity index (χ3n) is 8.30. The van der Waals surface area contributed by atoms with E-state index in [4.69, 9.17) is 17.8 Å². The van der Waals surface area contributed by atoms with Crippen molar-refractivity contribution < 1.29 is 22.9 Å². The predicted octanol–water partition coefficient (Wildman–Crippen LogP) is 3.55. The van der Waals surface area contributed by atoms with E-state index in [0.717, 1.165) is 0 Å². The van der Waals surface area contributed by atoms with Crippen LogP contribution >= 0.6 is 0 Å². The number of rotatable bonds is 6. The molecule has 0 unspecified atom stereocenters. The largest absolute Gasteiger partial charge is 0.414 e. The minimum Gasteiger partial charge on any atom is -0.414 e. The van der Waals surface area contributed by atoms with Crippen molar-refractivity contribution >= 4 is 28.3 Å². The van der Waals surface area contributed by atoms with Crippen molar-refractivity contribution in [1.82, 2.24) is 19.3 Å². The van der Waals surface area contributed by atoms with Gasteiger partial charge in [-0.25, -0.2) is 9.97 Å². The van der Waals surface area contributed by atoms with Crippen molar-refractivity contribution in [2.24, 2.45) is 10.9 Å². The van der Waals surface area contributed by atoms with Crippen LogP contribution in [0.5, 0.6) is 0 Å². The first kappa shape index (κ1) is 28.9. The molecule has 1 saturated carbocycles. The quantitative estimate of drug-likeness (QED) is 0.418. The highest BCUT2D eigenvalue weighted by Crippen LogP contribution is 2.50. The maximum absolute atomic E-state index is 11.8. The van der Waals surface area contributed by atoms with Gasteiger partial charge in [0.2, 0.25) is 11.7 Å². The Morgan fingerprint density at radius 2 is 1.68 bits per heavy atom. The zero-order valence-electron chi connectivity index (χ0n) is 24.0. The van der Waals surface area contributed by atoms with Crippen molar-refractivity contribution in [3.8, 4) is 6.19 Å². The minimum atomic E-state index is -2.84. The molecule has 0 spiro atoms. The Hall–Kier alpha value is -2.09. The van der Waals surface area contributed by atoms with Gasteiger partial charge in [-0.2, -0.15) is 9.99 Å². The van der Waals surface area contributed by atoms with Crippen molar-refractivity contribution in [2.45, 2.75) is 102 Å². The first-order chi connectivity index (χ1) is 17.9. The van der Waals surface area contributed by atoms with Crippen molar-refractivity contribution in [3.05, 3.63) is 18.1 Å². The van der Waals surface area contributed by atoms with Crippen molar-refractivity contribution in [2.75, 3.05) is 13.7 Å². The fraction of sp³-hybridized carbons (Fsp3) is 0.760. The van der Waals surface area contributed by atoms with E-state index in [1.54, 1.807) is 12.5 Å². The summed E-state index contributed by atoms with van der Waals surface area (Å²) in [4.78, 5) is 18.2. The molecule has 4 atom stereocenters. The summed E-state index contributed by atoms with van der Waals surface area (Å²) in [5.41, 5.74) is 2.06. The number of hydrogen-bond donors (Lipinski definition) is 1. The van der Waals surface area contributed by atoms with Crippen LogP contribution in [0.4, 0.5) is 0 Å². The summed E-state index contributed by atoms with van der Waals surface area (Å²) in [6.07, 6.45) is 4.30. The Kier molecular flexibility index (Phi) is 8.23. The van der Waals surface area contributed by atoms with Crippen LogP contribution in [0.3, 0.4) is 0 Å². The van der Waals surface area contributed by atoms with E-state index in [0.29, 0.717) is 24.2 Å². The third-order valence-corrected chi connectivity index (χ3v) is 18.6. The fourth-order valence-electron chi connectivity index (χ4n) is 6.28. The summed E-state index contributed by atoms with van der Waals surface area (Å²) in [6.45, 7) is 18.0. The van der Waals surface area contributed by atoms with E-state index in [9.17, 15) is 10.4 Å². The van der Waals surface area contributed by atoms with Gasteiger partial charge >= 0.3 is 17.1 Å². The lowest BCUT2D eigenvalue weighted by Gasteiger charge is -2.51. The molecule has 1 N–H and O–H groups in total. The molecule has 2 aliphatic rings. The van der Waals surface area contributed by atoms with Gasteiger partial charge in [-0.15, -0.1) is 4.99 Å². The SMILES string of the molecule is COn1cnc2c(ncn2[C@@H]2C[C@@H]3CO[Si](C(C)C)(C(C)C)O[Si](C(C)C)(C(C)C)O[C@H]3[C@H]2O)/c1=N\C#N. The molecule has 38 heavy (non-hydrogen) atoms. The number of fused-ring (bicyclic) bond motifs is 2. The number of imidazole rings is 1. The minimum absolute atomic E-state index is 0.0130. The van der Waals surface area contributed by atoms with Gasteiger partial charge in [0, 0.05) is 12.5 Å². The number of nitriles is 1. The van der Waals surface area contributed by atoms with Crippen LogP contribution in [0.15, 0.2) is 17.6 Å². The zero-order valence-corrected chi connectivity index (χ0v) is 26.0. The van der Waals surface area contributed by atoms with E-state index in [2.05, 4.69) is 70.4 Å². The topological polar surface area (TPSA) is 129 Å². The Labute approximate surface area is 226 Å². The van der Waals surface area contributed by atoms with Gasteiger partial charge < -0.3 is 27.5 Å². The average molecular weight is 563 g/mol. The molecule has 1 aliphatic heterocycles. The monoisotopic (exact) mass is 562 g/mol. The van der Waals surface area contributed by atoms with Gasteiger partial charge in [-0.05, 0) is 28.6 Å². The highest BCUT2D eigenvalue weighted by atomic mass is 28.5. The Morgan fingerprint density at radius 3 is 2.24 bits per heavy atom. The number of aliphatic hydroxyl groups excluding tert-OH is 1. The predicted molar refractivity (Wildman–Crippen MR) is 146 cm³/mol. The highest BCUT2D eigenvalue weighted by molar-refractivity contribution is 6.83. The molecule has 13 heteroatoms. The smallest absolute Gasteiger partial charge is 0.335 e. The van der Waals surface area contributed by atoms with Gasteiger partial charge in [0.25, 0.3) is 0 Å². The molecule has 3 heterocycles. The molecule has 1 aliphatic carbocycles. The molecule has 2 fully saturated rings. The van der Waals surface area contributed by atoms with E-state index < -0.39 is 29.3 Å². The van der Waals surface area contributed by atoms with Crippen LogP contribution in [0.25, 0.3) is 11.2 Å². The molecule has 4 rings (SSSR count). The van der Waals surface area contributed by atoms with Crippen LogP contribution in [-0.2, 0) is 13.0 Å². The van der Waals surface area contributed by atoms with Gasteiger partial charge in [-0.1, -0.05) is 55.4 Å². The molecular weight excluding hydrogens is 520 g/mol. The van der Waals surface area contributed by atoms with Crippen LogP contribution in [-0.4, -0.2) is 67.4 Å². The number of aliphatic hydroxyl groups is 1. The van der Waals surface area contributed by atoms with Gasteiger partial charge in [0.1, 0.15) is 19.5 Å². The van der Waals surface area contributed by atoms with Crippen LogP contribution in [0.2, 0.25) is 22.2 Å². The van der Waals surface area contributed by atoms with E-state index in [-0.39, 0.29) is 39.6 Å². The lowest BCUT2D eigenvalue weighted by Crippen LogP contribution is -2.65. The number of aromatic nitrogens is 4. The second-order valence-electron chi connectivity index (χ2n) is 11.7. The van der Waals surface area contributed by atoms with Crippen molar-refractivity contribution in [1.29, 1.82) is 5.26 Å². The molecular formula is C25H42N6O5Si2. The first-order valence-electron chi connectivity index (χ1n) is 13.5. The molecule has 2 aromatic rings. The molecule has 2 aromatic heterocycles. The summed E-state index contributed by atoms with van der Waals surface area (Å²) < 4.78 is 24.4. The maximum atomic E-state index is 11.8. The summed E-state index contributed by atoms with van der Waals surface area (Å²) in [7, 11) is -4.03. The second-order valence-corrected chi connectivity index (χ2v) is 20.6. The number of hydrogen-bond acceptors (Lipinski definition) is 9. The van der Waals surface area contributed by atoms with E-state index in [1.807, 2.05) is 4.57 Å². The normalized spacial score (nSPS) is 27.7. The lowest BCUT2D eigenvalue weighted by atomic mass is 10.1. The molecule has 0 amide bonds. The van der Waals surface area contributed by atoms with Gasteiger partial charge in [0.05, 0.1) is 18.5 Å². The highest BCUT2D eigenvalue weighted by Gasteiger charge is 2.61. The number of nitrogens with zero attached hydrogens (tertiary/aromatic N) is 6. The molecule has 210 valence electrons. The van der Waals surface area contributed by atoms with Crippen LogP contribution < -0.4 is 10.3 Å². The molecule has 11 nitrogen and oxygen atoms in total. The molecule has 0 bridgehead atoms.